The van der Waals surface area contributed by atoms with Gasteiger partial charge in [0.2, 0.25) is 0 Å². The minimum atomic E-state index is 0.155. The van der Waals surface area contributed by atoms with Gasteiger partial charge in [0.05, 0.1) is 20.3 Å². The predicted molar refractivity (Wildman–Crippen MR) is 56.1 cm³/mol. The Balaban J connectivity index is 2.13. The highest BCUT2D eigenvalue weighted by atomic mass is 16.6. The van der Waals surface area contributed by atoms with E-state index in [1.54, 1.807) is 7.11 Å². The highest BCUT2D eigenvalue weighted by Crippen LogP contribution is 2.29. The largest absolute Gasteiger partial charge is 0.493 e. The second-order valence-corrected chi connectivity index (χ2v) is 3.47. The third-order valence-electron chi connectivity index (χ3n) is 2.36. The third-order valence-corrected chi connectivity index (χ3v) is 2.36. The van der Waals surface area contributed by atoms with E-state index in [1.165, 1.54) is 0 Å². The summed E-state index contributed by atoms with van der Waals surface area (Å²) < 4.78 is 16.0. The van der Waals surface area contributed by atoms with Crippen molar-refractivity contribution in [2.75, 3.05) is 20.3 Å². The first-order valence-corrected chi connectivity index (χ1v) is 4.95. The Labute approximate surface area is 88.9 Å². The number of methoxy groups -OCH3 is 1. The van der Waals surface area contributed by atoms with Crippen molar-refractivity contribution in [2.24, 2.45) is 5.73 Å². The maximum absolute atomic E-state index is 5.68. The number of hydrogen-bond donors (Lipinski definition) is 1. The van der Waals surface area contributed by atoms with Crippen LogP contribution in [0.25, 0.3) is 0 Å². The van der Waals surface area contributed by atoms with Gasteiger partial charge in [0, 0.05) is 6.54 Å². The van der Waals surface area contributed by atoms with E-state index >= 15 is 0 Å². The van der Waals surface area contributed by atoms with Gasteiger partial charge in [-0.1, -0.05) is 6.07 Å². The predicted octanol–water partition coefficient (Wildman–Crippen LogP) is 0.932. The molecule has 0 aromatic heterocycles. The van der Waals surface area contributed by atoms with Crippen LogP contribution in [0.2, 0.25) is 0 Å². The van der Waals surface area contributed by atoms with Crippen molar-refractivity contribution in [1.29, 1.82) is 0 Å². The Morgan fingerprint density at radius 3 is 2.73 bits per heavy atom. The molecule has 1 fully saturated rings. The van der Waals surface area contributed by atoms with E-state index in [0.29, 0.717) is 19.8 Å². The fourth-order valence-electron chi connectivity index (χ4n) is 1.40. The molecule has 1 aromatic rings. The summed E-state index contributed by atoms with van der Waals surface area (Å²) in [6.45, 7) is 1.81. The van der Waals surface area contributed by atoms with E-state index in [0.717, 1.165) is 17.1 Å². The Morgan fingerprint density at radius 1 is 1.40 bits per heavy atom. The topological polar surface area (TPSA) is 53.7 Å². The second kappa shape index (κ2) is 4.51. The SMILES string of the molecule is COc1cc(CN)ccc1OC1COC1. The first-order chi connectivity index (χ1) is 7.33. The van der Waals surface area contributed by atoms with Crippen molar-refractivity contribution in [3.8, 4) is 11.5 Å². The summed E-state index contributed by atoms with van der Waals surface area (Å²) in [5.41, 5.74) is 6.58. The van der Waals surface area contributed by atoms with E-state index in [-0.39, 0.29) is 6.10 Å². The fourth-order valence-corrected chi connectivity index (χ4v) is 1.40. The summed E-state index contributed by atoms with van der Waals surface area (Å²) >= 11 is 0. The van der Waals surface area contributed by atoms with Crippen LogP contribution in [0.15, 0.2) is 18.2 Å². The Kier molecular flexibility index (Phi) is 3.08. The minimum absolute atomic E-state index is 0.155. The van der Waals surface area contributed by atoms with Crippen molar-refractivity contribution >= 4 is 0 Å². The van der Waals surface area contributed by atoms with E-state index in [1.807, 2.05) is 18.2 Å². The standard InChI is InChI=1S/C11H15NO3/c1-13-11-4-8(5-12)2-3-10(11)15-9-6-14-7-9/h2-4,9H,5-7,12H2,1H3. The van der Waals surface area contributed by atoms with Crippen molar-refractivity contribution in [3.05, 3.63) is 23.8 Å². The third kappa shape index (κ3) is 2.22. The van der Waals surface area contributed by atoms with E-state index in [4.69, 9.17) is 19.9 Å². The summed E-state index contributed by atoms with van der Waals surface area (Å²) in [6.07, 6.45) is 0.155. The van der Waals surface area contributed by atoms with Crippen LogP contribution in [0.3, 0.4) is 0 Å². The zero-order chi connectivity index (χ0) is 10.7. The van der Waals surface area contributed by atoms with Crippen LogP contribution in [0.1, 0.15) is 5.56 Å². The lowest BCUT2D eigenvalue weighted by molar-refractivity contribution is -0.0803. The van der Waals surface area contributed by atoms with Crippen LogP contribution in [0, 0.1) is 0 Å². The molecular weight excluding hydrogens is 194 g/mol. The number of nitrogens with two attached hydrogens (primary N) is 1. The highest BCUT2D eigenvalue weighted by Gasteiger charge is 2.21. The summed E-state index contributed by atoms with van der Waals surface area (Å²) in [5, 5.41) is 0. The van der Waals surface area contributed by atoms with E-state index in [9.17, 15) is 0 Å². The van der Waals surface area contributed by atoms with E-state index in [2.05, 4.69) is 0 Å². The molecule has 1 aliphatic heterocycles. The highest BCUT2D eigenvalue weighted by molar-refractivity contribution is 5.43. The number of rotatable bonds is 4. The van der Waals surface area contributed by atoms with Gasteiger partial charge in [0.25, 0.3) is 0 Å². The molecule has 2 rings (SSSR count). The molecule has 0 spiro atoms. The lowest BCUT2D eigenvalue weighted by Crippen LogP contribution is -2.38. The van der Waals surface area contributed by atoms with Crippen LogP contribution in [0.4, 0.5) is 0 Å². The first kappa shape index (κ1) is 10.3. The molecule has 4 heteroatoms. The molecule has 2 N–H and O–H groups in total. The molecule has 82 valence electrons. The van der Waals surface area contributed by atoms with Crippen LogP contribution in [-0.2, 0) is 11.3 Å². The van der Waals surface area contributed by atoms with Crippen molar-refractivity contribution in [1.82, 2.24) is 0 Å². The van der Waals surface area contributed by atoms with Gasteiger partial charge >= 0.3 is 0 Å². The molecule has 15 heavy (non-hydrogen) atoms. The molecule has 0 saturated carbocycles. The number of benzene rings is 1. The van der Waals surface area contributed by atoms with Crippen LogP contribution >= 0.6 is 0 Å². The van der Waals surface area contributed by atoms with Gasteiger partial charge in [-0.15, -0.1) is 0 Å². The van der Waals surface area contributed by atoms with Gasteiger partial charge in [-0.05, 0) is 17.7 Å². The molecule has 1 aliphatic rings. The Hall–Kier alpha value is -1.26. The van der Waals surface area contributed by atoms with Crippen LogP contribution < -0.4 is 15.2 Å². The summed E-state index contributed by atoms with van der Waals surface area (Å²) in [4.78, 5) is 0. The molecule has 0 radical (unpaired) electrons. The molecule has 1 heterocycles. The van der Waals surface area contributed by atoms with Gasteiger partial charge in [-0.25, -0.2) is 0 Å². The van der Waals surface area contributed by atoms with Crippen LogP contribution in [0.5, 0.6) is 11.5 Å². The van der Waals surface area contributed by atoms with Crippen molar-refractivity contribution in [2.45, 2.75) is 12.6 Å². The Bertz CT molecular complexity index is 337. The first-order valence-electron chi connectivity index (χ1n) is 4.95. The average Bonchev–Trinajstić information content (AvgIpc) is 2.23. The summed E-state index contributed by atoms with van der Waals surface area (Å²) in [7, 11) is 1.62. The molecule has 0 bridgehead atoms. The molecule has 0 unspecified atom stereocenters. The second-order valence-electron chi connectivity index (χ2n) is 3.47. The number of hydrogen-bond acceptors (Lipinski definition) is 4. The van der Waals surface area contributed by atoms with Gasteiger partial charge in [-0.2, -0.15) is 0 Å². The lowest BCUT2D eigenvalue weighted by Gasteiger charge is -2.27. The molecule has 4 nitrogen and oxygen atoms in total. The summed E-state index contributed by atoms with van der Waals surface area (Å²) in [5.74, 6) is 1.48. The zero-order valence-electron chi connectivity index (χ0n) is 8.73. The summed E-state index contributed by atoms with van der Waals surface area (Å²) in [6, 6.07) is 5.73. The normalized spacial score (nSPS) is 15.9. The van der Waals surface area contributed by atoms with Gasteiger partial charge in [0.15, 0.2) is 11.5 Å². The Morgan fingerprint density at radius 2 is 2.20 bits per heavy atom. The molecule has 0 atom stereocenters. The lowest BCUT2D eigenvalue weighted by atomic mass is 10.2. The minimum Gasteiger partial charge on any atom is -0.493 e. The fraction of sp³-hybridized carbons (Fsp3) is 0.455. The zero-order valence-corrected chi connectivity index (χ0v) is 8.73. The van der Waals surface area contributed by atoms with Gasteiger partial charge < -0.3 is 19.9 Å². The van der Waals surface area contributed by atoms with Gasteiger partial charge in [0.1, 0.15) is 6.10 Å². The molecular formula is C11H15NO3. The molecule has 1 aromatic carbocycles. The number of ether oxygens (including phenoxy) is 3. The molecule has 0 aliphatic carbocycles. The monoisotopic (exact) mass is 209 g/mol. The van der Waals surface area contributed by atoms with Gasteiger partial charge in [-0.3, -0.25) is 0 Å². The molecule has 1 saturated heterocycles. The average molecular weight is 209 g/mol. The maximum atomic E-state index is 5.68. The smallest absolute Gasteiger partial charge is 0.161 e. The van der Waals surface area contributed by atoms with E-state index < -0.39 is 0 Å². The van der Waals surface area contributed by atoms with Crippen LogP contribution in [-0.4, -0.2) is 26.4 Å². The quantitative estimate of drug-likeness (QED) is 0.801. The maximum Gasteiger partial charge on any atom is 0.161 e. The van der Waals surface area contributed by atoms with Crippen molar-refractivity contribution < 1.29 is 14.2 Å². The van der Waals surface area contributed by atoms with Crippen molar-refractivity contribution in [3.63, 3.8) is 0 Å². The molecule has 0 amide bonds.